The third kappa shape index (κ3) is 2.66. The second-order valence-electron chi connectivity index (χ2n) is 8.27. The third-order valence-electron chi connectivity index (χ3n) is 7.10. The van der Waals surface area contributed by atoms with Crippen LogP contribution in [-0.2, 0) is 0 Å². The van der Waals surface area contributed by atoms with Crippen LogP contribution in [0.15, 0.2) is 23.3 Å². The number of rotatable bonds is 1. The summed E-state index contributed by atoms with van der Waals surface area (Å²) in [5.74, 6) is 3.32. The molecule has 0 radical (unpaired) electrons. The number of allylic oxidation sites excluding steroid dienone is 4. The number of hydrogen-bond donors (Lipinski definition) is 0. The zero-order valence-electron chi connectivity index (χ0n) is 14.6. The molecule has 0 nitrogen and oxygen atoms in total. The van der Waals surface area contributed by atoms with Crippen LogP contribution < -0.4 is 0 Å². The summed E-state index contributed by atoms with van der Waals surface area (Å²) in [6, 6.07) is 0. The van der Waals surface area contributed by atoms with Crippen LogP contribution in [0.25, 0.3) is 0 Å². The SMILES string of the molecule is C[C-]1CCC[C@@]2(C)C1CC=C1C=C(C(C)C)CC[C@@]12C.[U]. The van der Waals surface area contributed by atoms with Crippen molar-refractivity contribution in [3.63, 3.8) is 0 Å². The summed E-state index contributed by atoms with van der Waals surface area (Å²) in [5.41, 5.74) is 4.25. The van der Waals surface area contributed by atoms with E-state index in [1.807, 2.05) is 0 Å². The molecular weight excluding hydrogens is 478 g/mol. The molecule has 0 aromatic heterocycles. The Morgan fingerprint density at radius 1 is 1.24 bits per heavy atom. The van der Waals surface area contributed by atoms with Crippen molar-refractivity contribution in [2.24, 2.45) is 22.7 Å². The van der Waals surface area contributed by atoms with Crippen LogP contribution in [0, 0.1) is 59.7 Å². The van der Waals surface area contributed by atoms with Gasteiger partial charge in [0.2, 0.25) is 0 Å². The van der Waals surface area contributed by atoms with Crippen LogP contribution in [0.1, 0.15) is 73.1 Å². The van der Waals surface area contributed by atoms with Gasteiger partial charge in [-0.25, -0.2) is 0 Å². The summed E-state index contributed by atoms with van der Waals surface area (Å²) in [5, 5.41) is 0. The van der Waals surface area contributed by atoms with E-state index in [4.69, 9.17) is 0 Å². The standard InChI is InChI=1S/C20H31.U/c1-14(2)16-10-12-19(4)17(13-16)8-9-18-15(3)7-6-11-20(18,19)5;/h8,13-14,18H,6-7,9-12H2,1-5H3;/q-1;/t18?,19-,20-;/m0./s1. The van der Waals surface area contributed by atoms with E-state index in [2.05, 4.69) is 46.8 Å². The molecule has 3 atom stereocenters. The Bertz CT molecular complexity index is 458. The van der Waals surface area contributed by atoms with Crippen LogP contribution in [0.4, 0.5) is 0 Å². The molecule has 0 N–H and O–H groups in total. The molecule has 1 saturated carbocycles. The first kappa shape index (κ1) is 17.9. The van der Waals surface area contributed by atoms with Crippen LogP contribution in [0.2, 0.25) is 0 Å². The molecule has 0 aromatic carbocycles. The summed E-state index contributed by atoms with van der Waals surface area (Å²) in [6.07, 6.45) is 13.3. The normalized spacial score (nSPS) is 39.8. The van der Waals surface area contributed by atoms with Gasteiger partial charge in [-0.05, 0) is 35.2 Å². The minimum absolute atomic E-state index is 0. The molecule has 1 heteroatoms. The summed E-state index contributed by atoms with van der Waals surface area (Å²) < 4.78 is 0. The van der Waals surface area contributed by atoms with Crippen molar-refractivity contribution in [2.75, 3.05) is 0 Å². The summed E-state index contributed by atoms with van der Waals surface area (Å²) in [6.45, 7) is 12.3. The van der Waals surface area contributed by atoms with E-state index in [0.717, 1.165) is 5.92 Å². The Labute approximate surface area is 155 Å². The van der Waals surface area contributed by atoms with Crippen molar-refractivity contribution >= 4 is 0 Å². The predicted molar refractivity (Wildman–Crippen MR) is 87.3 cm³/mol. The molecule has 0 saturated heterocycles. The molecule has 21 heavy (non-hydrogen) atoms. The van der Waals surface area contributed by atoms with E-state index in [1.165, 1.54) is 38.5 Å². The molecule has 3 aliphatic rings. The Hall–Kier alpha value is 0.532. The van der Waals surface area contributed by atoms with Gasteiger partial charge in [0.05, 0.1) is 0 Å². The van der Waals surface area contributed by atoms with Gasteiger partial charge < -0.3 is 5.92 Å². The van der Waals surface area contributed by atoms with E-state index < -0.39 is 0 Å². The van der Waals surface area contributed by atoms with Gasteiger partial charge in [0.15, 0.2) is 0 Å². The van der Waals surface area contributed by atoms with Crippen LogP contribution in [0.3, 0.4) is 0 Å². The Morgan fingerprint density at radius 2 is 1.95 bits per heavy atom. The van der Waals surface area contributed by atoms with Gasteiger partial charge >= 0.3 is 0 Å². The minimum atomic E-state index is 0. The molecule has 0 aromatic rings. The van der Waals surface area contributed by atoms with Crippen molar-refractivity contribution in [1.29, 1.82) is 0 Å². The minimum Gasteiger partial charge on any atom is -0.313 e. The van der Waals surface area contributed by atoms with Crippen molar-refractivity contribution in [3.8, 4) is 0 Å². The fourth-order valence-electron chi connectivity index (χ4n) is 5.32. The van der Waals surface area contributed by atoms with Crippen molar-refractivity contribution in [2.45, 2.75) is 73.1 Å². The monoisotopic (exact) mass is 509 g/mol. The van der Waals surface area contributed by atoms with Gasteiger partial charge in [0.1, 0.15) is 0 Å². The van der Waals surface area contributed by atoms with E-state index in [-0.39, 0.29) is 31.1 Å². The molecule has 0 spiro atoms. The molecule has 0 amide bonds. The Kier molecular flexibility index (Phi) is 5.28. The largest absolute Gasteiger partial charge is 0.313 e. The van der Waals surface area contributed by atoms with Crippen LogP contribution in [0.5, 0.6) is 0 Å². The number of fused-ring (bicyclic) bond motifs is 3. The first-order chi connectivity index (χ1) is 9.38. The van der Waals surface area contributed by atoms with Crippen molar-refractivity contribution in [1.82, 2.24) is 0 Å². The predicted octanol–water partition coefficient (Wildman–Crippen LogP) is 6.10. The second-order valence-corrected chi connectivity index (χ2v) is 8.27. The quantitative estimate of drug-likeness (QED) is 0.375. The average molecular weight is 509 g/mol. The Morgan fingerprint density at radius 3 is 2.62 bits per heavy atom. The fraction of sp³-hybridized carbons (Fsp3) is 0.750. The van der Waals surface area contributed by atoms with Crippen LogP contribution >= 0.6 is 0 Å². The molecule has 1 fully saturated rings. The molecule has 0 aliphatic heterocycles. The maximum atomic E-state index is 2.60. The van der Waals surface area contributed by atoms with Crippen molar-refractivity contribution < 1.29 is 31.1 Å². The van der Waals surface area contributed by atoms with Gasteiger partial charge in [-0.2, -0.15) is 19.3 Å². The molecule has 0 bridgehead atoms. The van der Waals surface area contributed by atoms with Gasteiger partial charge in [-0.15, -0.1) is 0 Å². The van der Waals surface area contributed by atoms with Gasteiger partial charge in [-0.1, -0.05) is 64.7 Å². The summed E-state index contributed by atoms with van der Waals surface area (Å²) in [4.78, 5) is 0. The molecule has 3 aliphatic carbocycles. The van der Waals surface area contributed by atoms with Gasteiger partial charge in [-0.3, -0.25) is 0 Å². The zero-order valence-corrected chi connectivity index (χ0v) is 18.7. The smallest absolute Gasteiger partial charge is 0 e. The maximum absolute atomic E-state index is 2.60. The van der Waals surface area contributed by atoms with E-state index >= 15 is 0 Å². The molecule has 116 valence electrons. The van der Waals surface area contributed by atoms with E-state index in [9.17, 15) is 0 Å². The average Bonchev–Trinajstić information content (AvgIpc) is 2.39. The molecule has 0 heterocycles. The fourth-order valence-corrected chi connectivity index (χ4v) is 5.32. The topological polar surface area (TPSA) is 0 Å². The molecule has 1 unspecified atom stereocenters. The van der Waals surface area contributed by atoms with Gasteiger partial charge in [0, 0.05) is 31.1 Å². The second kappa shape index (κ2) is 6.20. The third-order valence-corrected chi connectivity index (χ3v) is 7.10. The zero-order chi connectivity index (χ0) is 14.5. The van der Waals surface area contributed by atoms with Crippen LogP contribution in [-0.4, -0.2) is 0 Å². The Balaban J connectivity index is 0.00000161. The van der Waals surface area contributed by atoms with E-state index in [1.54, 1.807) is 17.1 Å². The first-order valence-electron chi connectivity index (χ1n) is 8.62. The maximum Gasteiger partial charge on any atom is 0 e. The number of hydrogen-bond acceptors (Lipinski definition) is 0. The summed E-state index contributed by atoms with van der Waals surface area (Å²) >= 11 is 0. The first-order valence-corrected chi connectivity index (χ1v) is 8.62. The molecule has 3 rings (SSSR count). The summed E-state index contributed by atoms with van der Waals surface area (Å²) in [7, 11) is 0. The van der Waals surface area contributed by atoms with Gasteiger partial charge in [0.25, 0.3) is 0 Å². The van der Waals surface area contributed by atoms with Crippen molar-refractivity contribution in [3.05, 3.63) is 29.2 Å². The molecular formula is C20H31U-. The van der Waals surface area contributed by atoms with E-state index in [0.29, 0.717) is 16.7 Å².